The van der Waals surface area contributed by atoms with E-state index in [0.717, 1.165) is 5.57 Å². The number of esters is 2. The number of benzene rings is 1. The van der Waals surface area contributed by atoms with E-state index in [1.54, 1.807) is 12.1 Å². The number of hydrogen-bond donors (Lipinski definition) is 18. The number of fused-ring (bicyclic) bond motifs is 7. The average Bonchev–Trinajstić information content (AvgIpc) is 0.668. The average molecular weight is 1630 g/mol. The van der Waals surface area contributed by atoms with Gasteiger partial charge in [0.1, 0.15) is 116 Å². The zero-order valence-corrected chi connectivity index (χ0v) is 65.6. The SMILES string of the molecule is COc1cc(/C=C(/C)C(=O)O[C@H]2[C@@H](O)[C@H](O[C@@H]3O[C@@H](C)[C@H](O[C@@H]4OC[C@@H](O)[C@H](O[C@@H]5O[C@H](CO)[C@H](O[C@@H]6OC[C@H](O)[C@H](O)[C@H]6O)[C@H](O)[C@H]5O)[C@H]4O)[C@@H](O)[C@H]3O)[C@@H](OC(=O)[C@]34CCC(C)(C)CC3C3=CCC5[C@@]6(C)CC(O)C(O[C@@H]7O[C@H](CO)[C@@H](O)[C@H](O)[C@H]7O)[C@@](C)(C(=O)O)C6CC[C@@]5(C)[C@]3(CO)CC4)O[C@H]2C)cc(OC)c1OC. The number of carbonyl (C=O) groups excluding carboxylic acids is 2. The van der Waals surface area contributed by atoms with Crippen LogP contribution in [-0.2, 0) is 76.0 Å². The molecule has 37 heteroatoms. The highest BCUT2D eigenvalue weighted by molar-refractivity contribution is 5.93. The first-order valence-corrected chi connectivity index (χ1v) is 39.0. The summed E-state index contributed by atoms with van der Waals surface area (Å²) >= 11 is 0. The van der Waals surface area contributed by atoms with E-state index >= 15 is 4.79 Å². The summed E-state index contributed by atoms with van der Waals surface area (Å²) in [6.45, 7) is 10.7. The van der Waals surface area contributed by atoms with E-state index in [-0.39, 0.29) is 54.9 Å². The number of rotatable bonds is 22. The van der Waals surface area contributed by atoms with Crippen molar-refractivity contribution >= 4 is 24.0 Å². The van der Waals surface area contributed by atoms with Gasteiger partial charge in [-0.2, -0.15) is 0 Å². The van der Waals surface area contributed by atoms with Gasteiger partial charge in [-0.25, -0.2) is 4.79 Å². The van der Waals surface area contributed by atoms with Crippen LogP contribution >= 0.6 is 0 Å². The highest BCUT2D eigenvalue weighted by atomic mass is 16.8. The standard InChI is InChI=1S/C77H116O37/c1-30(20-33-21-39(99-9)59(101-11)40(22-33)100-10)63(95)108-57-32(3)105-69(61(54(57)93)112-66-52(91)48(87)56(31(2)104-66)109-65-55(94)58(38(83)28-103-65)110-67-53(92)49(88)60(42(26-79)107-67)111-64-50(89)45(84)37(82)27-102-64)114-71(98)76-17-16-72(4,5)23-35(76)34-12-13-43-73(6)24-36(81)62(113-68-51(90)47(86)46(85)41(25-78)106-68)75(8,70(96)97)44(73)14-15-74(43,7)77(34,29-80)19-18-76/h12,20-22,31-32,35-38,41-58,60-62,64-69,78-94H,13-19,23-29H2,1-11H3,(H,96,97)/b30-20-/t31-,32-,35?,36?,37-,38+,41+,42+,43?,44?,45-,46+,47-,48-,49+,50+,51+,52+,53+,54+,55+,56-,57+,58-,60-,61-,62?,64-,65-,66-,67-,68-,69+,73+,74+,75-,76-,77-/m0/s1. The van der Waals surface area contributed by atoms with Gasteiger partial charge in [-0.3, -0.25) is 9.59 Å². The van der Waals surface area contributed by atoms with Crippen LogP contribution in [-0.4, -0.2) is 348 Å². The quantitative estimate of drug-likeness (QED) is 0.0233. The van der Waals surface area contributed by atoms with Gasteiger partial charge in [0.2, 0.25) is 12.0 Å². The van der Waals surface area contributed by atoms with Crippen molar-refractivity contribution in [3.63, 3.8) is 0 Å². The maximum atomic E-state index is 16.1. The molecule has 6 heterocycles. The Hall–Kier alpha value is -4.61. The molecule has 11 aliphatic rings. The smallest absolute Gasteiger partial charge is 0.334 e. The lowest BCUT2D eigenvalue weighted by Gasteiger charge is -2.71. The highest BCUT2D eigenvalue weighted by Crippen LogP contribution is 2.76. The van der Waals surface area contributed by atoms with Crippen molar-refractivity contribution in [1.29, 1.82) is 0 Å². The number of ether oxygens (including phenoxy) is 16. The van der Waals surface area contributed by atoms with Gasteiger partial charge < -0.3 is 168 Å². The summed E-state index contributed by atoms with van der Waals surface area (Å²) in [7, 11) is 4.25. The summed E-state index contributed by atoms with van der Waals surface area (Å²) in [6.07, 6.45) is -47.0. The topological polar surface area (TPSA) is 563 Å². The number of carboxylic acids is 1. The van der Waals surface area contributed by atoms with Crippen LogP contribution in [0.15, 0.2) is 29.4 Å². The van der Waals surface area contributed by atoms with E-state index in [1.807, 2.05) is 13.0 Å². The lowest BCUT2D eigenvalue weighted by atomic mass is 9.33. The van der Waals surface area contributed by atoms with Gasteiger partial charge in [0, 0.05) is 11.0 Å². The molecule has 10 fully saturated rings. The second kappa shape index (κ2) is 34.1. The number of carbonyl (C=O) groups is 3. The first-order chi connectivity index (χ1) is 53.7. The Morgan fingerprint density at radius 1 is 0.518 bits per heavy atom. The predicted molar refractivity (Wildman–Crippen MR) is 382 cm³/mol. The van der Waals surface area contributed by atoms with Crippen molar-refractivity contribution in [3.8, 4) is 17.2 Å². The van der Waals surface area contributed by atoms with Crippen LogP contribution in [0.25, 0.3) is 6.08 Å². The molecule has 646 valence electrons. The van der Waals surface area contributed by atoms with E-state index in [9.17, 15) is 102 Å². The van der Waals surface area contributed by atoms with E-state index in [4.69, 9.17) is 75.8 Å². The molecule has 6 saturated heterocycles. The third-order valence-corrected chi connectivity index (χ3v) is 27.4. The minimum Gasteiger partial charge on any atom is -0.493 e. The van der Waals surface area contributed by atoms with Crippen molar-refractivity contribution in [2.24, 2.45) is 50.2 Å². The fraction of sp³-hybridized carbons (Fsp3) is 0.831. The lowest BCUT2D eigenvalue weighted by Crippen LogP contribution is -2.71. The number of aliphatic carboxylic acids is 1. The van der Waals surface area contributed by atoms with Gasteiger partial charge in [-0.1, -0.05) is 39.3 Å². The van der Waals surface area contributed by atoms with Crippen LogP contribution in [0, 0.1) is 50.2 Å². The fourth-order valence-electron chi connectivity index (χ4n) is 20.9. The van der Waals surface area contributed by atoms with Crippen LogP contribution in [0.4, 0.5) is 0 Å². The monoisotopic (exact) mass is 1630 g/mol. The molecular formula is C77H116O37. The first-order valence-electron chi connectivity index (χ1n) is 39.0. The number of allylic oxidation sites excluding steroid dienone is 1. The number of aliphatic hydroxyl groups is 17. The Morgan fingerprint density at radius 3 is 1.68 bits per heavy atom. The van der Waals surface area contributed by atoms with Crippen LogP contribution < -0.4 is 14.2 Å². The summed E-state index contributed by atoms with van der Waals surface area (Å²) in [5.74, 6) is -4.03. The Morgan fingerprint density at radius 2 is 1.06 bits per heavy atom. The molecule has 12 rings (SSSR count). The summed E-state index contributed by atoms with van der Waals surface area (Å²) in [5.41, 5.74) is -5.33. The normalized spacial score (nSPS) is 48.3. The van der Waals surface area contributed by atoms with Gasteiger partial charge in [-0.05, 0) is 143 Å². The van der Waals surface area contributed by atoms with Gasteiger partial charge in [0.05, 0.1) is 83.5 Å². The molecule has 0 amide bonds. The molecule has 5 aliphatic carbocycles. The van der Waals surface area contributed by atoms with Gasteiger partial charge in [0.15, 0.2) is 55.2 Å². The first kappa shape index (κ1) is 88.7. The molecule has 0 spiro atoms. The van der Waals surface area contributed by atoms with E-state index in [1.165, 1.54) is 55.1 Å². The summed E-state index contributed by atoms with van der Waals surface area (Å²) < 4.78 is 94.6. The Balaban J connectivity index is 0.799. The Labute approximate surface area is 657 Å². The molecule has 37 nitrogen and oxygen atoms in total. The van der Waals surface area contributed by atoms with Gasteiger partial charge in [-0.15, -0.1) is 0 Å². The maximum Gasteiger partial charge on any atom is 0.334 e. The molecule has 4 saturated carbocycles. The van der Waals surface area contributed by atoms with Crippen molar-refractivity contribution in [2.75, 3.05) is 54.4 Å². The van der Waals surface area contributed by atoms with Crippen LogP contribution in [0.1, 0.15) is 119 Å². The summed E-state index contributed by atoms with van der Waals surface area (Å²) in [4.78, 5) is 44.4. The fourth-order valence-corrected chi connectivity index (χ4v) is 20.9. The maximum absolute atomic E-state index is 16.1. The van der Waals surface area contributed by atoms with E-state index in [0.29, 0.717) is 31.2 Å². The van der Waals surface area contributed by atoms with Crippen molar-refractivity contribution in [3.05, 3.63) is 34.9 Å². The molecule has 114 heavy (non-hydrogen) atoms. The Kier molecular flexibility index (Phi) is 26.5. The number of carboxylic acid groups (broad SMARTS) is 1. The minimum absolute atomic E-state index is 0.000702. The third kappa shape index (κ3) is 15.5. The van der Waals surface area contributed by atoms with Crippen LogP contribution in [0.3, 0.4) is 0 Å². The van der Waals surface area contributed by atoms with Crippen LogP contribution in [0.2, 0.25) is 0 Å². The molecule has 1 aromatic carbocycles. The van der Waals surface area contributed by atoms with E-state index in [2.05, 4.69) is 20.8 Å². The number of aliphatic hydroxyl groups excluding tert-OH is 17. The lowest BCUT2D eigenvalue weighted by molar-refractivity contribution is -0.384. The summed E-state index contributed by atoms with van der Waals surface area (Å²) in [5, 5.41) is 202. The zero-order valence-electron chi connectivity index (χ0n) is 65.6. The molecule has 18 N–H and O–H groups in total. The zero-order chi connectivity index (χ0) is 83.3. The predicted octanol–water partition coefficient (Wildman–Crippen LogP) is -3.37. The third-order valence-electron chi connectivity index (χ3n) is 27.4. The van der Waals surface area contributed by atoms with Crippen LogP contribution in [0.5, 0.6) is 17.2 Å². The number of hydrogen-bond acceptors (Lipinski definition) is 36. The number of methoxy groups -OCH3 is 3. The molecule has 0 aromatic heterocycles. The molecule has 1 aromatic rings. The molecule has 38 atom stereocenters. The molecule has 0 radical (unpaired) electrons. The molecule has 5 unspecified atom stereocenters. The van der Waals surface area contributed by atoms with Gasteiger partial charge in [0.25, 0.3) is 0 Å². The van der Waals surface area contributed by atoms with E-state index < -0.39 is 285 Å². The van der Waals surface area contributed by atoms with Crippen molar-refractivity contribution < 1.29 is 182 Å². The van der Waals surface area contributed by atoms with Crippen molar-refractivity contribution in [1.82, 2.24) is 0 Å². The molecular weight excluding hydrogens is 1520 g/mol. The van der Waals surface area contributed by atoms with Gasteiger partial charge >= 0.3 is 17.9 Å². The largest absolute Gasteiger partial charge is 0.493 e. The second-order valence-electron chi connectivity index (χ2n) is 34.5. The van der Waals surface area contributed by atoms with Crippen molar-refractivity contribution in [2.45, 2.75) is 297 Å². The minimum atomic E-state index is -2.15. The highest BCUT2D eigenvalue weighted by Gasteiger charge is 2.74. The molecule has 0 bridgehead atoms. The summed E-state index contributed by atoms with van der Waals surface area (Å²) in [6, 6.07) is 3.16. The Bertz CT molecular complexity index is 3580. The molecule has 6 aliphatic heterocycles. The second-order valence-corrected chi connectivity index (χ2v) is 34.5.